The van der Waals surface area contributed by atoms with E-state index in [9.17, 15) is 30.3 Å². The van der Waals surface area contributed by atoms with Gasteiger partial charge in [0.25, 0.3) is 17.1 Å². The van der Waals surface area contributed by atoms with Crippen LogP contribution in [-0.4, -0.2) is 14.8 Å². The van der Waals surface area contributed by atoms with Gasteiger partial charge in [0.15, 0.2) is 0 Å². The van der Waals surface area contributed by atoms with Gasteiger partial charge in [-0.05, 0) is 12.8 Å². The van der Waals surface area contributed by atoms with E-state index < -0.39 is 37.2 Å². The summed E-state index contributed by atoms with van der Waals surface area (Å²) >= 11 is 0. The van der Waals surface area contributed by atoms with Crippen LogP contribution < -0.4 is 0 Å². The highest BCUT2D eigenvalue weighted by Gasteiger charge is 2.44. The normalized spacial score (nSPS) is 11.3. The molecule has 1 rings (SSSR count). The van der Waals surface area contributed by atoms with Crippen LogP contribution in [0.1, 0.15) is 51.3 Å². The Hall–Kier alpha value is -2.58. The van der Waals surface area contributed by atoms with Crippen molar-refractivity contribution in [1.29, 1.82) is 0 Å². The third-order valence-electron chi connectivity index (χ3n) is 3.62. The van der Waals surface area contributed by atoms with Gasteiger partial charge < -0.3 is 0 Å². The minimum absolute atomic E-state index is 0.0424. The summed E-state index contributed by atoms with van der Waals surface area (Å²) in [7, 11) is 0. The van der Waals surface area contributed by atoms with Gasteiger partial charge in [-0.2, -0.15) is 0 Å². The van der Waals surface area contributed by atoms with Crippen molar-refractivity contribution in [3.8, 4) is 0 Å². The Bertz CT molecular complexity index is 648. The van der Waals surface area contributed by atoms with Gasteiger partial charge in [0, 0.05) is 5.41 Å². The van der Waals surface area contributed by atoms with Gasteiger partial charge in [-0.15, -0.1) is 0 Å². The number of nitro groups is 3. The number of benzene rings is 1. The average Bonchev–Trinajstić information content (AvgIpc) is 2.41. The van der Waals surface area contributed by atoms with E-state index >= 15 is 0 Å². The maximum absolute atomic E-state index is 11.6. The predicted octanol–water partition coefficient (Wildman–Crippen LogP) is 3.83. The van der Waals surface area contributed by atoms with E-state index in [4.69, 9.17) is 0 Å². The Labute approximate surface area is 132 Å². The first-order chi connectivity index (χ1) is 10.5. The molecule has 0 aromatic heterocycles. The summed E-state index contributed by atoms with van der Waals surface area (Å²) in [6, 6.07) is 0. The zero-order valence-corrected chi connectivity index (χ0v) is 13.7. The number of hydrogen-bond donors (Lipinski definition) is 0. The number of rotatable bonds is 5. The van der Waals surface area contributed by atoms with Crippen molar-refractivity contribution in [3.63, 3.8) is 0 Å². The highest BCUT2D eigenvalue weighted by atomic mass is 16.6. The molecule has 23 heavy (non-hydrogen) atoms. The molecule has 126 valence electrons. The Balaban J connectivity index is 4.30. The summed E-state index contributed by atoms with van der Waals surface area (Å²) in [5.41, 5.74) is -2.65. The van der Waals surface area contributed by atoms with Crippen LogP contribution >= 0.6 is 0 Å². The Morgan fingerprint density at radius 3 is 1.22 bits per heavy atom. The fourth-order valence-corrected chi connectivity index (χ4v) is 2.82. The topological polar surface area (TPSA) is 129 Å². The zero-order chi connectivity index (χ0) is 18.1. The average molecular weight is 325 g/mol. The van der Waals surface area contributed by atoms with Crippen LogP contribution in [0.4, 0.5) is 17.1 Å². The van der Waals surface area contributed by atoms with E-state index in [0.717, 1.165) is 0 Å². The number of nitro benzene ring substituents is 3. The Kier molecular flexibility index (Phi) is 5.03. The monoisotopic (exact) mass is 325 g/mol. The molecule has 0 fully saturated rings. The van der Waals surface area contributed by atoms with E-state index in [1.54, 1.807) is 34.6 Å². The van der Waals surface area contributed by atoms with Crippen molar-refractivity contribution in [2.75, 3.05) is 0 Å². The molecule has 0 unspecified atom stereocenters. The lowest BCUT2D eigenvalue weighted by Gasteiger charge is -2.21. The summed E-state index contributed by atoms with van der Waals surface area (Å²) in [6.45, 7) is 7.98. The molecule has 0 heterocycles. The molecule has 1 aromatic rings. The molecule has 0 amide bonds. The summed E-state index contributed by atoms with van der Waals surface area (Å²) in [4.78, 5) is 32.3. The summed E-state index contributed by atoms with van der Waals surface area (Å²) in [6.07, 6.45) is 0.0847. The first-order valence-corrected chi connectivity index (χ1v) is 7.14. The second-order valence-corrected chi connectivity index (χ2v) is 6.11. The summed E-state index contributed by atoms with van der Waals surface area (Å²) < 4.78 is 0. The molecule has 0 saturated carbocycles. The highest BCUT2D eigenvalue weighted by molar-refractivity contribution is 5.73. The molecule has 0 aliphatic rings. The Morgan fingerprint density at radius 2 is 1.04 bits per heavy atom. The maximum Gasteiger partial charge on any atom is 0.290 e. The standard InChI is InChI=1S/C14H19N3O6/c1-6-8-11(15(18)19)9(7-2)13(17(22)23)10(14(3,4)5)12(8)16(20)21/h6-7H2,1-5H3. The molecule has 0 spiro atoms. The lowest BCUT2D eigenvalue weighted by molar-refractivity contribution is -0.406. The smallest absolute Gasteiger partial charge is 0.258 e. The summed E-state index contributed by atoms with van der Waals surface area (Å²) in [5, 5.41) is 34.5. The van der Waals surface area contributed by atoms with Crippen LogP contribution in [-0.2, 0) is 18.3 Å². The van der Waals surface area contributed by atoms with Crippen LogP contribution in [0.25, 0.3) is 0 Å². The third-order valence-corrected chi connectivity index (χ3v) is 3.62. The largest absolute Gasteiger partial charge is 0.290 e. The first-order valence-electron chi connectivity index (χ1n) is 7.14. The first kappa shape index (κ1) is 18.5. The molecule has 0 atom stereocenters. The molecule has 0 N–H and O–H groups in total. The van der Waals surface area contributed by atoms with Crippen LogP contribution in [0.5, 0.6) is 0 Å². The molecule has 9 heteroatoms. The second kappa shape index (κ2) is 6.27. The molecular formula is C14H19N3O6. The summed E-state index contributed by atoms with van der Waals surface area (Å²) in [5.74, 6) is 0. The van der Waals surface area contributed by atoms with Crippen molar-refractivity contribution >= 4 is 17.1 Å². The fraction of sp³-hybridized carbons (Fsp3) is 0.571. The van der Waals surface area contributed by atoms with E-state index in [-0.39, 0.29) is 29.5 Å². The Morgan fingerprint density at radius 1 is 0.739 bits per heavy atom. The SMILES string of the molecule is CCc1c([N+](=O)[O-])c(CC)c([N+](=O)[O-])c(C(C)(C)C)c1[N+](=O)[O-]. The van der Waals surface area contributed by atoms with Gasteiger partial charge in [0.2, 0.25) is 0 Å². The van der Waals surface area contributed by atoms with Crippen LogP contribution in [0.3, 0.4) is 0 Å². The predicted molar refractivity (Wildman–Crippen MR) is 83.9 cm³/mol. The van der Waals surface area contributed by atoms with E-state index in [1.807, 2.05) is 0 Å². The van der Waals surface area contributed by atoms with Crippen molar-refractivity contribution < 1.29 is 14.8 Å². The minimum Gasteiger partial charge on any atom is -0.258 e. The van der Waals surface area contributed by atoms with Gasteiger partial charge in [0.05, 0.1) is 14.8 Å². The highest BCUT2D eigenvalue weighted by Crippen LogP contribution is 2.48. The molecule has 0 bridgehead atoms. The van der Waals surface area contributed by atoms with Crippen molar-refractivity contribution in [3.05, 3.63) is 47.0 Å². The molecule has 0 saturated heterocycles. The second-order valence-electron chi connectivity index (χ2n) is 6.11. The van der Waals surface area contributed by atoms with Gasteiger partial charge in [-0.25, -0.2) is 0 Å². The van der Waals surface area contributed by atoms with Crippen molar-refractivity contribution in [1.82, 2.24) is 0 Å². The molecular weight excluding hydrogens is 306 g/mol. The third kappa shape index (κ3) is 3.13. The molecule has 0 aliphatic heterocycles. The lowest BCUT2D eigenvalue weighted by Crippen LogP contribution is -2.20. The number of nitrogens with zero attached hydrogens (tertiary/aromatic N) is 3. The van der Waals surface area contributed by atoms with E-state index in [0.29, 0.717) is 0 Å². The molecule has 1 aromatic carbocycles. The number of hydrogen-bond acceptors (Lipinski definition) is 6. The molecule has 0 radical (unpaired) electrons. The fourth-order valence-electron chi connectivity index (χ4n) is 2.82. The van der Waals surface area contributed by atoms with Gasteiger partial charge in [0.1, 0.15) is 16.7 Å². The quantitative estimate of drug-likeness (QED) is 0.597. The molecule has 0 aliphatic carbocycles. The minimum atomic E-state index is -0.909. The van der Waals surface area contributed by atoms with Crippen molar-refractivity contribution in [2.45, 2.75) is 52.9 Å². The van der Waals surface area contributed by atoms with Gasteiger partial charge in [-0.1, -0.05) is 34.6 Å². The van der Waals surface area contributed by atoms with E-state index in [1.165, 1.54) is 0 Å². The van der Waals surface area contributed by atoms with Crippen molar-refractivity contribution in [2.24, 2.45) is 0 Å². The van der Waals surface area contributed by atoms with E-state index in [2.05, 4.69) is 0 Å². The van der Waals surface area contributed by atoms with Gasteiger partial charge in [-0.3, -0.25) is 30.3 Å². The van der Waals surface area contributed by atoms with Crippen LogP contribution in [0, 0.1) is 30.3 Å². The van der Waals surface area contributed by atoms with Crippen LogP contribution in [0.2, 0.25) is 0 Å². The van der Waals surface area contributed by atoms with Gasteiger partial charge >= 0.3 is 0 Å². The molecule has 9 nitrogen and oxygen atoms in total. The maximum atomic E-state index is 11.6. The lowest BCUT2D eigenvalue weighted by atomic mass is 9.80. The van der Waals surface area contributed by atoms with Crippen LogP contribution in [0.15, 0.2) is 0 Å². The zero-order valence-electron chi connectivity index (χ0n) is 13.7.